The fourth-order valence-electron chi connectivity index (χ4n) is 3.34. The summed E-state index contributed by atoms with van der Waals surface area (Å²) in [5.74, 6) is 0.788. The van der Waals surface area contributed by atoms with E-state index >= 15 is 0 Å². The number of likely N-dealkylation sites (N-methyl/N-ethyl adjacent to an activating group) is 1. The van der Waals surface area contributed by atoms with E-state index in [1.54, 1.807) is 30.3 Å². The average molecular weight is 433 g/mol. The van der Waals surface area contributed by atoms with E-state index in [9.17, 15) is 14.9 Å². The molecule has 0 spiro atoms. The number of nitro benzene ring substituents is 1. The van der Waals surface area contributed by atoms with Gasteiger partial charge in [0.25, 0.3) is 5.69 Å². The SMILES string of the molecule is CN(CCOc1ccc(Cl)cc1)CC(=O)N1CCN(c2ccccc2[N+](=O)[O-])CC1. The van der Waals surface area contributed by atoms with Crippen LogP contribution in [0.25, 0.3) is 0 Å². The third kappa shape index (κ3) is 5.84. The molecule has 1 amide bonds. The highest BCUT2D eigenvalue weighted by molar-refractivity contribution is 6.30. The zero-order valence-electron chi connectivity index (χ0n) is 16.9. The lowest BCUT2D eigenvalue weighted by Crippen LogP contribution is -2.51. The van der Waals surface area contributed by atoms with E-state index in [1.807, 2.05) is 33.9 Å². The summed E-state index contributed by atoms with van der Waals surface area (Å²) in [5, 5.41) is 11.9. The molecule has 1 aliphatic rings. The largest absolute Gasteiger partial charge is 0.492 e. The molecular formula is C21H25ClN4O4. The Kier molecular flexibility index (Phi) is 7.48. The summed E-state index contributed by atoms with van der Waals surface area (Å²) in [5.41, 5.74) is 0.698. The molecule has 1 heterocycles. The minimum atomic E-state index is -0.367. The van der Waals surface area contributed by atoms with Crippen LogP contribution in [0.2, 0.25) is 5.02 Å². The van der Waals surface area contributed by atoms with Crippen molar-refractivity contribution in [2.75, 3.05) is 57.8 Å². The monoisotopic (exact) mass is 432 g/mol. The minimum Gasteiger partial charge on any atom is -0.492 e. The van der Waals surface area contributed by atoms with Gasteiger partial charge in [0.05, 0.1) is 11.5 Å². The predicted molar refractivity (Wildman–Crippen MR) is 116 cm³/mol. The van der Waals surface area contributed by atoms with Crippen molar-refractivity contribution in [2.24, 2.45) is 0 Å². The lowest BCUT2D eigenvalue weighted by molar-refractivity contribution is -0.384. The molecule has 0 bridgehead atoms. The first-order valence-electron chi connectivity index (χ1n) is 9.77. The van der Waals surface area contributed by atoms with E-state index < -0.39 is 0 Å². The number of amides is 1. The maximum Gasteiger partial charge on any atom is 0.292 e. The van der Waals surface area contributed by atoms with E-state index in [4.69, 9.17) is 16.3 Å². The summed E-state index contributed by atoms with van der Waals surface area (Å²) in [6.45, 7) is 3.61. The summed E-state index contributed by atoms with van der Waals surface area (Å²) in [4.78, 5) is 29.2. The number of nitro groups is 1. The zero-order chi connectivity index (χ0) is 21.5. The van der Waals surface area contributed by atoms with Gasteiger partial charge in [0.2, 0.25) is 5.91 Å². The number of nitrogens with zero attached hydrogens (tertiary/aromatic N) is 4. The van der Waals surface area contributed by atoms with Crippen LogP contribution in [-0.2, 0) is 4.79 Å². The summed E-state index contributed by atoms with van der Waals surface area (Å²) in [6.07, 6.45) is 0. The summed E-state index contributed by atoms with van der Waals surface area (Å²) < 4.78 is 5.67. The molecule has 8 nitrogen and oxygen atoms in total. The lowest BCUT2D eigenvalue weighted by atomic mass is 10.2. The van der Waals surface area contributed by atoms with Gasteiger partial charge in [0.1, 0.15) is 18.0 Å². The van der Waals surface area contributed by atoms with Gasteiger partial charge in [-0.3, -0.25) is 19.8 Å². The van der Waals surface area contributed by atoms with Crippen LogP contribution in [0.15, 0.2) is 48.5 Å². The van der Waals surface area contributed by atoms with Gasteiger partial charge in [-0.2, -0.15) is 0 Å². The lowest BCUT2D eigenvalue weighted by Gasteiger charge is -2.36. The molecule has 9 heteroatoms. The highest BCUT2D eigenvalue weighted by atomic mass is 35.5. The standard InChI is InChI=1S/C21H25ClN4O4/c1-23(14-15-30-18-8-6-17(22)7-9-18)16-21(27)25-12-10-24(11-13-25)19-4-2-3-5-20(19)26(28)29/h2-9H,10-16H2,1H3. The number of carbonyl (C=O) groups excluding carboxylic acids is 1. The summed E-state index contributed by atoms with van der Waals surface area (Å²) in [6, 6.07) is 13.9. The second-order valence-electron chi connectivity index (χ2n) is 7.15. The highest BCUT2D eigenvalue weighted by Gasteiger charge is 2.25. The first-order chi connectivity index (χ1) is 14.4. The van der Waals surface area contributed by atoms with Gasteiger partial charge in [0.15, 0.2) is 0 Å². The van der Waals surface area contributed by atoms with Crippen molar-refractivity contribution in [2.45, 2.75) is 0 Å². The van der Waals surface area contributed by atoms with Gasteiger partial charge in [-0.05, 0) is 37.4 Å². The molecule has 0 radical (unpaired) electrons. The molecule has 0 saturated carbocycles. The van der Waals surface area contributed by atoms with E-state index in [2.05, 4.69) is 0 Å². The first-order valence-corrected chi connectivity index (χ1v) is 10.1. The smallest absolute Gasteiger partial charge is 0.292 e. The molecule has 1 aliphatic heterocycles. The molecule has 1 fully saturated rings. The molecule has 0 N–H and O–H groups in total. The molecule has 0 atom stereocenters. The number of carbonyl (C=O) groups is 1. The third-order valence-corrected chi connectivity index (χ3v) is 5.26. The quantitative estimate of drug-likeness (QED) is 0.471. The van der Waals surface area contributed by atoms with Gasteiger partial charge in [-0.15, -0.1) is 0 Å². The van der Waals surface area contributed by atoms with E-state index in [0.717, 1.165) is 5.75 Å². The summed E-state index contributed by atoms with van der Waals surface area (Å²) in [7, 11) is 1.88. The van der Waals surface area contributed by atoms with Crippen LogP contribution in [0.5, 0.6) is 5.75 Å². The Morgan fingerprint density at radius 1 is 1.13 bits per heavy atom. The molecule has 1 saturated heterocycles. The number of benzene rings is 2. The average Bonchev–Trinajstić information content (AvgIpc) is 2.75. The predicted octanol–water partition coefficient (Wildman–Crippen LogP) is 2.91. The molecule has 160 valence electrons. The number of hydrogen-bond acceptors (Lipinski definition) is 6. The zero-order valence-corrected chi connectivity index (χ0v) is 17.6. The number of piperazine rings is 1. The Hall–Kier alpha value is -2.84. The molecule has 0 aliphatic carbocycles. The van der Waals surface area contributed by atoms with Crippen LogP contribution < -0.4 is 9.64 Å². The van der Waals surface area contributed by atoms with Crippen molar-refractivity contribution in [1.29, 1.82) is 0 Å². The second kappa shape index (κ2) is 10.3. The van der Waals surface area contributed by atoms with Crippen molar-refractivity contribution >= 4 is 28.9 Å². The Bertz CT molecular complexity index is 870. The number of hydrogen-bond donors (Lipinski definition) is 0. The van der Waals surface area contributed by atoms with Crippen molar-refractivity contribution in [3.8, 4) is 5.75 Å². The van der Waals surface area contributed by atoms with E-state index in [-0.39, 0.29) is 16.5 Å². The molecule has 2 aromatic rings. The Morgan fingerprint density at radius 2 is 1.80 bits per heavy atom. The Morgan fingerprint density at radius 3 is 2.47 bits per heavy atom. The molecule has 0 aromatic heterocycles. The van der Waals surface area contributed by atoms with E-state index in [1.165, 1.54) is 6.07 Å². The number of halogens is 1. The Balaban J connectivity index is 1.42. The second-order valence-corrected chi connectivity index (χ2v) is 7.59. The molecule has 3 rings (SSSR count). The van der Waals surface area contributed by atoms with Crippen molar-refractivity contribution in [3.05, 3.63) is 63.7 Å². The van der Waals surface area contributed by atoms with E-state index in [0.29, 0.717) is 56.6 Å². The molecular weight excluding hydrogens is 408 g/mol. The number of anilines is 1. The normalized spacial score (nSPS) is 14.1. The Labute approximate surface area is 180 Å². The van der Waals surface area contributed by atoms with Gasteiger partial charge in [-0.1, -0.05) is 23.7 Å². The minimum absolute atomic E-state index is 0.0474. The topological polar surface area (TPSA) is 79.2 Å². The van der Waals surface area contributed by atoms with Crippen molar-refractivity contribution in [1.82, 2.24) is 9.80 Å². The first kappa shape index (κ1) is 21.9. The van der Waals surface area contributed by atoms with Crippen molar-refractivity contribution < 1.29 is 14.5 Å². The number of ether oxygens (including phenoxy) is 1. The maximum atomic E-state index is 12.6. The third-order valence-electron chi connectivity index (χ3n) is 5.01. The molecule has 0 unspecified atom stereocenters. The van der Waals surface area contributed by atoms with Gasteiger partial charge < -0.3 is 14.5 Å². The van der Waals surface area contributed by atoms with Gasteiger partial charge in [-0.25, -0.2) is 0 Å². The van der Waals surface area contributed by atoms with Crippen LogP contribution in [0.4, 0.5) is 11.4 Å². The number of rotatable bonds is 8. The number of para-hydroxylation sites is 2. The molecule has 2 aromatic carbocycles. The van der Waals surface area contributed by atoms with Crippen molar-refractivity contribution in [3.63, 3.8) is 0 Å². The van der Waals surface area contributed by atoms with Crippen LogP contribution in [-0.4, -0.2) is 73.6 Å². The maximum absolute atomic E-state index is 12.6. The van der Waals surface area contributed by atoms with Crippen LogP contribution in [0, 0.1) is 10.1 Å². The summed E-state index contributed by atoms with van der Waals surface area (Å²) >= 11 is 5.85. The molecule has 30 heavy (non-hydrogen) atoms. The van der Waals surface area contributed by atoms with Gasteiger partial charge >= 0.3 is 0 Å². The van der Waals surface area contributed by atoms with Gasteiger partial charge in [0, 0.05) is 43.8 Å². The highest BCUT2D eigenvalue weighted by Crippen LogP contribution is 2.28. The van der Waals surface area contributed by atoms with Crippen LogP contribution in [0.1, 0.15) is 0 Å². The van der Waals surface area contributed by atoms with Crippen LogP contribution >= 0.6 is 11.6 Å². The fraction of sp³-hybridized carbons (Fsp3) is 0.381. The van der Waals surface area contributed by atoms with Crippen LogP contribution in [0.3, 0.4) is 0 Å². The fourth-order valence-corrected chi connectivity index (χ4v) is 3.47.